The summed E-state index contributed by atoms with van der Waals surface area (Å²) in [6.07, 6.45) is 7.03. The summed E-state index contributed by atoms with van der Waals surface area (Å²) in [6.45, 7) is 9.34. The van der Waals surface area contributed by atoms with Crippen molar-refractivity contribution in [3.05, 3.63) is 0 Å². The highest BCUT2D eigenvalue weighted by atomic mass is 32.2. The molecule has 13 nitrogen and oxygen atoms in total. The van der Waals surface area contributed by atoms with E-state index in [9.17, 15) is 19.2 Å². The number of rotatable bonds is 28. The minimum absolute atomic E-state index is 0.0357. The third-order valence-electron chi connectivity index (χ3n) is 7.30. The van der Waals surface area contributed by atoms with E-state index in [0.717, 1.165) is 37.9 Å². The third kappa shape index (κ3) is 19.9. The van der Waals surface area contributed by atoms with E-state index in [4.69, 9.17) is 18.9 Å². The van der Waals surface area contributed by atoms with E-state index in [1.165, 1.54) is 0 Å². The summed E-state index contributed by atoms with van der Waals surface area (Å²) in [5.41, 5.74) is 0. The summed E-state index contributed by atoms with van der Waals surface area (Å²) in [7, 11) is 0. The van der Waals surface area contributed by atoms with Gasteiger partial charge >= 0.3 is 6.03 Å². The van der Waals surface area contributed by atoms with Crippen LogP contribution in [-0.2, 0) is 33.3 Å². The van der Waals surface area contributed by atoms with Crippen LogP contribution in [0.15, 0.2) is 0 Å². The van der Waals surface area contributed by atoms with Crippen molar-refractivity contribution in [1.29, 1.82) is 0 Å². The van der Waals surface area contributed by atoms with E-state index in [0.29, 0.717) is 103 Å². The van der Waals surface area contributed by atoms with Gasteiger partial charge in [-0.3, -0.25) is 14.4 Å². The van der Waals surface area contributed by atoms with E-state index >= 15 is 0 Å². The summed E-state index contributed by atoms with van der Waals surface area (Å²) < 4.78 is 22.0. The first-order valence-corrected chi connectivity index (χ1v) is 17.7. The lowest BCUT2D eigenvalue weighted by atomic mass is 10.0. The van der Waals surface area contributed by atoms with E-state index < -0.39 is 0 Å². The second-order valence-corrected chi connectivity index (χ2v) is 12.9. The molecule has 0 unspecified atom stereocenters. The molecular formula is C31H57N5O8S. The molecule has 0 aromatic rings. The Morgan fingerprint density at radius 2 is 1.22 bits per heavy atom. The number of urea groups is 1. The van der Waals surface area contributed by atoms with Gasteiger partial charge in [-0.1, -0.05) is 6.42 Å². The van der Waals surface area contributed by atoms with Crippen molar-refractivity contribution in [3.8, 4) is 0 Å². The summed E-state index contributed by atoms with van der Waals surface area (Å²) in [5.74, 6) is 0.946. The maximum atomic E-state index is 12.0. The van der Waals surface area contributed by atoms with Gasteiger partial charge in [-0.25, -0.2) is 4.79 Å². The predicted molar refractivity (Wildman–Crippen MR) is 174 cm³/mol. The predicted octanol–water partition coefficient (Wildman–Crippen LogP) is 1.88. The molecule has 0 aliphatic carbocycles. The number of unbranched alkanes of at least 4 members (excludes halogenated alkanes) is 1. The molecule has 0 aromatic heterocycles. The first-order chi connectivity index (χ1) is 21.8. The van der Waals surface area contributed by atoms with E-state index in [1.54, 1.807) is 0 Å². The zero-order chi connectivity index (χ0) is 32.5. The van der Waals surface area contributed by atoms with E-state index in [-0.39, 0.29) is 41.9 Å². The molecular weight excluding hydrogens is 602 g/mol. The van der Waals surface area contributed by atoms with Crippen molar-refractivity contribution in [2.45, 2.75) is 101 Å². The number of carbonyl (C=O) groups is 4. The zero-order valence-corrected chi connectivity index (χ0v) is 28.1. The number of carbonyl (C=O) groups excluding carboxylic acids is 4. The molecule has 2 aliphatic heterocycles. The number of thioether (sulfide) groups is 1. The highest BCUT2D eigenvalue weighted by Crippen LogP contribution is 2.33. The summed E-state index contributed by atoms with van der Waals surface area (Å²) in [6, 6.07) is 0.415. The molecule has 0 spiro atoms. The number of hydrogen-bond donors (Lipinski definition) is 5. The molecule has 2 rings (SSSR count). The Labute approximate surface area is 273 Å². The molecule has 0 saturated carbocycles. The minimum Gasteiger partial charge on any atom is -0.379 e. The molecule has 2 heterocycles. The van der Waals surface area contributed by atoms with Crippen LogP contribution in [-0.4, -0.2) is 119 Å². The highest BCUT2D eigenvalue weighted by Gasteiger charge is 2.42. The normalized spacial score (nSPS) is 18.8. The van der Waals surface area contributed by atoms with Crippen LogP contribution in [0.4, 0.5) is 4.79 Å². The molecule has 5 amide bonds. The monoisotopic (exact) mass is 659 g/mol. The Morgan fingerprint density at radius 3 is 1.78 bits per heavy atom. The Hall–Kier alpha value is -2.13. The van der Waals surface area contributed by atoms with E-state index in [2.05, 4.69) is 26.6 Å². The first-order valence-electron chi connectivity index (χ1n) is 16.7. The number of ether oxygens (including phenoxy) is 4. The molecule has 2 fully saturated rings. The van der Waals surface area contributed by atoms with Crippen molar-refractivity contribution in [3.63, 3.8) is 0 Å². The van der Waals surface area contributed by atoms with Crippen LogP contribution < -0.4 is 26.6 Å². The molecule has 2 aliphatic rings. The smallest absolute Gasteiger partial charge is 0.315 e. The van der Waals surface area contributed by atoms with Crippen molar-refractivity contribution in [2.24, 2.45) is 0 Å². The second-order valence-electron chi connectivity index (χ2n) is 11.6. The van der Waals surface area contributed by atoms with Gasteiger partial charge in [-0.05, 0) is 52.4 Å². The second kappa shape index (κ2) is 25.0. The molecule has 45 heavy (non-hydrogen) atoms. The third-order valence-corrected chi connectivity index (χ3v) is 8.81. The van der Waals surface area contributed by atoms with E-state index in [1.807, 2.05) is 25.6 Å². The first kappa shape index (κ1) is 39.1. The Kier molecular flexibility index (Phi) is 21.7. The van der Waals surface area contributed by atoms with Gasteiger partial charge in [0, 0.05) is 69.7 Å². The Bertz CT molecular complexity index is 853. The average Bonchev–Trinajstić information content (AvgIpc) is 3.56. The molecule has 0 bridgehead atoms. The number of hydrogen-bond acceptors (Lipinski definition) is 9. The number of nitrogens with one attached hydrogen (secondary N) is 5. The quantitative estimate of drug-likeness (QED) is 0.0623. The van der Waals surface area contributed by atoms with Crippen LogP contribution in [0.1, 0.15) is 78.1 Å². The minimum atomic E-state index is -0.0592. The van der Waals surface area contributed by atoms with Gasteiger partial charge in [0.05, 0.1) is 44.6 Å². The summed E-state index contributed by atoms with van der Waals surface area (Å²) in [5, 5.41) is 15.0. The maximum Gasteiger partial charge on any atom is 0.315 e. The fraction of sp³-hybridized carbons (Fsp3) is 0.871. The van der Waals surface area contributed by atoms with Gasteiger partial charge in [0.15, 0.2) is 0 Å². The van der Waals surface area contributed by atoms with Gasteiger partial charge < -0.3 is 45.5 Å². The Morgan fingerprint density at radius 1 is 0.711 bits per heavy atom. The highest BCUT2D eigenvalue weighted by molar-refractivity contribution is 8.00. The van der Waals surface area contributed by atoms with Crippen molar-refractivity contribution in [2.75, 3.05) is 71.6 Å². The van der Waals surface area contributed by atoms with Gasteiger partial charge in [0.2, 0.25) is 17.7 Å². The largest absolute Gasteiger partial charge is 0.379 e. The zero-order valence-electron chi connectivity index (χ0n) is 27.3. The fourth-order valence-electron chi connectivity index (χ4n) is 4.91. The van der Waals surface area contributed by atoms with Crippen LogP contribution in [0.25, 0.3) is 0 Å². The van der Waals surface area contributed by atoms with Crippen LogP contribution in [0.3, 0.4) is 0 Å². The number of fused-ring (bicyclic) bond motifs is 1. The molecule has 14 heteroatoms. The lowest BCUT2D eigenvalue weighted by Crippen LogP contribution is -2.36. The van der Waals surface area contributed by atoms with Gasteiger partial charge in [-0.2, -0.15) is 11.8 Å². The molecule has 260 valence electrons. The van der Waals surface area contributed by atoms with Gasteiger partial charge in [0.25, 0.3) is 0 Å². The molecule has 3 atom stereocenters. The molecule has 5 N–H and O–H groups in total. The Balaban J connectivity index is 1.24. The standard InChI is InChI=1S/C31H57N5O8S/c1-24(2)44-18-8-15-34-29(39)12-5-11-28(38)33-14-7-17-42-20-22-43-21-19-41-16-6-13-32-27(37)10-4-3-9-26-30-25(23-45-26)35-31(40)36-30/h24-26,30H,3-23H2,1-2H3,(H,32,37)(H,33,38)(H,34,39)(H2,35,36,40)/t25-,26-,30-/m0/s1. The SMILES string of the molecule is CC(C)OCCCNC(=O)CCCC(=O)NCCCOCCOCCOCCCNC(=O)CCCC[C@@H]1SC[C@@H]2NC(=O)N[C@@H]21. The summed E-state index contributed by atoms with van der Waals surface area (Å²) in [4.78, 5) is 47.2. The van der Waals surface area contributed by atoms with Crippen LogP contribution in [0.2, 0.25) is 0 Å². The molecule has 0 aromatic carbocycles. The average molecular weight is 660 g/mol. The van der Waals surface area contributed by atoms with Crippen LogP contribution in [0.5, 0.6) is 0 Å². The number of amides is 5. The lowest BCUT2D eigenvalue weighted by Gasteiger charge is -2.16. The van der Waals surface area contributed by atoms with Crippen molar-refractivity contribution >= 4 is 35.5 Å². The summed E-state index contributed by atoms with van der Waals surface area (Å²) >= 11 is 1.90. The van der Waals surface area contributed by atoms with Crippen molar-refractivity contribution < 1.29 is 38.1 Å². The molecule has 0 radical (unpaired) electrons. The van der Waals surface area contributed by atoms with Gasteiger partial charge in [-0.15, -0.1) is 0 Å². The van der Waals surface area contributed by atoms with Crippen LogP contribution in [0, 0.1) is 0 Å². The maximum absolute atomic E-state index is 12.0. The lowest BCUT2D eigenvalue weighted by molar-refractivity contribution is -0.123. The molecule has 2 saturated heterocycles. The topological polar surface area (TPSA) is 165 Å². The van der Waals surface area contributed by atoms with Crippen LogP contribution >= 0.6 is 11.8 Å². The van der Waals surface area contributed by atoms with Crippen molar-refractivity contribution in [1.82, 2.24) is 26.6 Å². The van der Waals surface area contributed by atoms with Gasteiger partial charge in [0.1, 0.15) is 0 Å². The fourth-order valence-corrected chi connectivity index (χ4v) is 6.46.